The summed E-state index contributed by atoms with van der Waals surface area (Å²) >= 11 is 0. The fraction of sp³-hybridized carbons (Fsp3) is 0.636. The Morgan fingerprint density at radius 2 is 2.36 bits per heavy atom. The van der Waals surface area contributed by atoms with E-state index >= 15 is 0 Å². The molecule has 1 aromatic rings. The monoisotopic (exact) mass is 195 g/mol. The fourth-order valence-electron chi connectivity index (χ4n) is 1.94. The smallest absolute Gasteiger partial charge is 0.114 e. The number of hydrogen-bond acceptors (Lipinski definition) is 3. The first-order valence-electron chi connectivity index (χ1n) is 5.14. The van der Waals surface area contributed by atoms with Crippen molar-refractivity contribution < 1.29 is 9.15 Å². The van der Waals surface area contributed by atoms with E-state index in [0.29, 0.717) is 0 Å². The van der Waals surface area contributed by atoms with Gasteiger partial charge in [0.2, 0.25) is 0 Å². The molecule has 1 aromatic heterocycles. The first-order chi connectivity index (χ1) is 6.87. The largest absolute Gasteiger partial charge is 0.469 e. The summed E-state index contributed by atoms with van der Waals surface area (Å²) in [6.07, 6.45) is 4.05. The van der Waals surface area contributed by atoms with E-state index < -0.39 is 0 Å². The minimum Gasteiger partial charge on any atom is -0.469 e. The third-order valence-corrected chi connectivity index (χ3v) is 2.88. The van der Waals surface area contributed by atoms with Gasteiger partial charge in [-0.2, -0.15) is 0 Å². The summed E-state index contributed by atoms with van der Waals surface area (Å²) in [5.74, 6) is 1.08. The number of nitrogens with one attached hydrogen (secondary N) is 1. The zero-order valence-electron chi connectivity index (χ0n) is 8.58. The third-order valence-electron chi connectivity index (χ3n) is 2.88. The Hall–Kier alpha value is -0.800. The van der Waals surface area contributed by atoms with Crippen LogP contribution >= 0.6 is 0 Å². The number of furan rings is 1. The highest BCUT2D eigenvalue weighted by atomic mass is 16.5. The van der Waals surface area contributed by atoms with E-state index in [4.69, 9.17) is 9.15 Å². The lowest BCUT2D eigenvalue weighted by atomic mass is 9.79. The zero-order chi connectivity index (χ0) is 9.86. The molecule has 0 aliphatic carbocycles. The molecule has 0 saturated carbocycles. The highest BCUT2D eigenvalue weighted by Crippen LogP contribution is 2.36. The van der Waals surface area contributed by atoms with Crippen LogP contribution in [-0.2, 0) is 10.2 Å². The van der Waals surface area contributed by atoms with Gasteiger partial charge in [-0.3, -0.25) is 0 Å². The molecule has 78 valence electrons. The standard InChI is InChI=1S/C11H17NO2/c1-12-6-3-5-11(8-13-9-11)10-4-2-7-14-10/h2,4,7,12H,3,5-6,8-9H2,1H3. The summed E-state index contributed by atoms with van der Waals surface area (Å²) in [6.45, 7) is 2.68. The normalized spacial score (nSPS) is 19.2. The second-order valence-corrected chi connectivity index (χ2v) is 3.96. The Balaban J connectivity index is 1.96. The molecule has 1 N–H and O–H groups in total. The molecule has 0 radical (unpaired) electrons. The summed E-state index contributed by atoms with van der Waals surface area (Å²) in [6, 6.07) is 4.01. The van der Waals surface area contributed by atoms with E-state index in [1.165, 1.54) is 6.42 Å². The minimum atomic E-state index is 0.167. The van der Waals surface area contributed by atoms with Crippen molar-refractivity contribution in [2.75, 3.05) is 26.8 Å². The van der Waals surface area contributed by atoms with Gasteiger partial charge in [0.05, 0.1) is 24.9 Å². The molecule has 1 aliphatic heterocycles. The van der Waals surface area contributed by atoms with Crippen LogP contribution < -0.4 is 5.32 Å². The van der Waals surface area contributed by atoms with Crippen LogP contribution in [0.2, 0.25) is 0 Å². The van der Waals surface area contributed by atoms with Crippen molar-refractivity contribution in [2.45, 2.75) is 18.3 Å². The summed E-state index contributed by atoms with van der Waals surface area (Å²) in [5, 5.41) is 3.16. The predicted molar refractivity (Wildman–Crippen MR) is 54.4 cm³/mol. The van der Waals surface area contributed by atoms with Crippen molar-refractivity contribution in [2.24, 2.45) is 0 Å². The number of rotatable bonds is 5. The molecule has 1 saturated heterocycles. The molecule has 3 nitrogen and oxygen atoms in total. The average Bonchev–Trinajstić information content (AvgIpc) is 2.62. The van der Waals surface area contributed by atoms with Gasteiger partial charge in [0.25, 0.3) is 0 Å². The average molecular weight is 195 g/mol. The SMILES string of the molecule is CNCCCC1(c2ccco2)COC1. The van der Waals surface area contributed by atoms with Gasteiger partial charge in [-0.1, -0.05) is 0 Å². The van der Waals surface area contributed by atoms with Gasteiger partial charge >= 0.3 is 0 Å². The van der Waals surface area contributed by atoms with Crippen LogP contribution in [0.25, 0.3) is 0 Å². The Morgan fingerprint density at radius 3 is 2.86 bits per heavy atom. The Labute approximate surface area is 84.4 Å². The van der Waals surface area contributed by atoms with Crippen LogP contribution in [0.3, 0.4) is 0 Å². The van der Waals surface area contributed by atoms with Crippen LogP contribution in [0, 0.1) is 0 Å². The second-order valence-electron chi connectivity index (χ2n) is 3.96. The fourth-order valence-corrected chi connectivity index (χ4v) is 1.94. The van der Waals surface area contributed by atoms with Crippen LogP contribution in [0.5, 0.6) is 0 Å². The molecule has 2 heterocycles. The maximum atomic E-state index is 5.47. The topological polar surface area (TPSA) is 34.4 Å². The molecule has 0 spiro atoms. The van der Waals surface area contributed by atoms with Crippen LogP contribution in [0.1, 0.15) is 18.6 Å². The highest BCUT2D eigenvalue weighted by molar-refractivity contribution is 5.17. The Morgan fingerprint density at radius 1 is 1.50 bits per heavy atom. The van der Waals surface area contributed by atoms with Gasteiger partial charge in [-0.05, 0) is 38.6 Å². The molecule has 0 amide bonds. The van der Waals surface area contributed by atoms with Crippen LogP contribution in [-0.4, -0.2) is 26.8 Å². The number of ether oxygens (including phenoxy) is 1. The van der Waals surface area contributed by atoms with Gasteiger partial charge in [-0.15, -0.1) is 0 Å². The molecule has 0 atom stereocenters. The highest BCUT2D eigenvalue weighted by Gasteiger charge is 2.42. The molecule has 3 heteroatoms. The van der Waals surface area contributed by atoms with E-state index in [-0.39, 0.29) is 5.41 Å². The molecule has 1 aliphatic rings. The van der Waals surface area contributed by atoms with E-state index in [1.54, 1.807) is 6.26 Å². The van der Waals surface area contributed by atoms with Crippen LogP contribution in [0.15, 0.2) is 22.8 Å². The second kappa shape index (κ2) is 4.15. The van der Waals surface area contributed by atoms with E-state index in [9.17, 15) is 0 Å². The first kappa shape index (κ1) is 9.74. The molecular weight excluding hydrogens is 178 g/mol. The molecule has 0 aromatic carbocycles. The van der Waals surface area contributed by atoms with Crippen molar-refractivity contribution in [3.8, 4) is 0 Å². The van der Waals surface area contributed by atoms with Crippen molar-refractivity contribution in [3.63, 3.8) is 0 Å². The van der Waals surface area contributed by atoms with E-state index in [1.807, 2.05) is 13.1 Å². The van der Waals surface area contributed by atoms with E-state index in [0.717, 1.165) is 31.9 Å². The third kappa shape index (κ3) is 1.70. The summed E-state index contributed by atoms with van der Waals surface area (Å²) in [7, 11) is 1.98. The summed E-state index contributed by atoms with van der Waals surface area (Å²) < 4.78 is 10.8. The van der Waals surface area contributed by atoms with E-state index in [2.05, 4.69) is 11.4 Å². The number of hydrogen-bond donors (Lipinski definition) is 1. The van der Waals surface area contributed by atoms with Gasteiger partial charge in [-0.25, -0.2) is 0 Å². The summed E-state index contributed by atoms with van der Waals surface area (Å²) in [4.78, 5) is 0. The predicted octanol–water partition coefficient (Wildman–Crippen LogP) is 1.55. The van der Waals surface area contributed by atoms with Gasteiger partial charge in [0, 0.05) is 0 Å². The zero-order valence-corrected chi connectivity index (χ0v) is 8.58. The maximum Gasteiger partial charge on any atom is 0.114 e. The maximum absolute atomic E-state index is 5.47. The summed E-state index contributed by atoms with van der Waals surface area (Å²) in [5.41, 5.74) is 0.167. The van der Waals surface area contributed by atoms with Crippen molar-refractivity contribution in [3.05, 3.63) is 24.2 Å². The van der Waals surface area contributed by atoms with Crippen LogP contribution in [0.4, 0.5) is 0 Å². The van der Waals surface area contributed by atoms with Crippen molar-refractivity contribution >= 4 is 0 Å². The molecule has 0 bridgehead atoms. The van der Waals surface area contributed by atoms with Gasteiger partial charge < -0.3 is 14.5 Å². The molecule has 14 heavy (non-hydrogen) atoms. The quantitative estimate of drug-likeness (QED) is 0.724. The molecule has 0 unspecified atom stereocenters. The lowest BCUT2D eigenvalue weighted by Crippen LogP contribution is -2.46. The van der Waals surface area contributed by atoms with Gasteiger partial charge in [0.15, 0.2) is 0 Å². The Bertz CT molecular complexity index is 265. The lowest BCUT2D eigenvalue weighted by molar-refractivity contribution is -0.0749. The van der Waals surface area contributed by atoms with Crippen molar-refractivity contribution in [1.82, 2.24) is 5.32 Å². The minimum absolute atomic E-state index is 0.167. The van der Waals surface area contributed by atoms with Gasteiger partial charge in [0.1, 0.15) is 5.76 Å². The first-order valence-corrected chi connectivity index (χ1v) is 5.14. The van der Waals surface area contributed by atoms with Crippen molar-refractivity contribution in [1.29, 1.82) is 0 Å². The Kier molecular flexibility index (Phi) is 2.89. The lowest BCUT2D eigenvalue weighted by Gasteiger charge is -2.39. The molecular formula is C11H17NO2. The molecule has 2 rings (SSSR count). The molecule has 1 fully saturated rings.